The maximum absolute atomic E-state index is 13.0. The molecule has 6 nitrogen and oxygen atoms in total. The molecule has 30 heavy (non-hydrogen) atoms. The highest BCUT2D eigenvalue weighted by atomic mass is 79.9. The van der Waals surface area contributed by atoms with Crippen LogP contribution in [0.1, 0.15) is 36.9 Å². The number of hydrogen-bond acceptors (Lipinski definition) is 4. The molecule has 2 aromatic rings. The molecule has 1 fully saturated rings. The van der Waals surface area contributed by atoms with Gasteiger partial charge in [-0.25, -0.2) is 8.42 Å². The number of benzene rings is 2. The van der Waals surface area contributed by atoms with Gasteiger partial charge in [0.15, 0.2) is 0 Å². The van der Waals surface area contributed by atoms with Gasteiger partial charge in [0.1, 0.15) is 5.75 Å². The molecule has 1 saturated heterocycles. The lowest BCUT2D eigenvalue weighted by Gasteiger charge is -2.31. The molecule has 1 aliphatic heterocycles. The van der Waals surface area contributed by atoms with Crippen LogP contribution in [0.3, 0.4) is 0 Å². The maximum atomic E-state index is 13.0. The van der Waals surface area contributed by atoms with E-state index in [1.165, 1.54) is 4.31 Å². The fourth-order valence-corrected chi connectivity index (χ4v) is 5.68. The van der Waals surface area contributed by atoms with Gasteiger partial charge in [-0.3, -0.25) is 4.79 Å². The first-order valence-corrected chi connectivity index (χ1v) is 12.2. The van der Waals surface area contributed by atoms with Gasteiger partial charge in [-0.15, -0.1) is 0 Å². The summed E-state index contributed by atoms with van der Waals surface area (Å²) in [7, 11) is -2.03. The third-order valence-electron chi connectivity index (χ3n) is 5.54. The van der Waals surface area contributed by atoms with Gasteiger partial charge in [0.05, 0.1) is 18.0 Å². The van der Waals surface area contributed by atoms with Crippen molar-refractivity contribution in [3.8, 4) is 5.75 Å². The summed E-state index contributed by atoms with van der Waals surface area (Å²) < 4.78 is 33.6. The molecule has 0 aliphatic carbocycles. The third-order valence-corrected chi connectivity index (χ3v) is 7.92. The maximum Gasteiger partial charge on any atom is 0.243 e. The van der Waals surface area contributed by atoms with Crippen molar-refractivity contribution >= 4 is 31.9 Å². The van der Waals surface area contributed by atoms with E-state index in [2.05, 4.69) is 21.2 Å². The number of methoxy groups -OCH3 is 1. The number of carbonyl (C=O) groups is 1. The number of sulfonamides is 1. The minimum atomic E-state index is -3.59. The summed E-state index contributed by atoms with van der Waals surface area (Å²) in [5.74, 6) is 0.437. The normalized spacial score (nSPS) is 16.8. The van der Waals surface area contributed by atoms with Gasteiger partial charge in [0.2, 0.25) is 15.9 Å². The van der Waals surface area contributed by atoms with Crippen molar-refractivity contribution in [3.05, 3.63) is 58.1 Å². The van der Waals surface area contributed by atoms with E-state index >= 15 is 0 Å². The van der Waals surface area contributed by atoms with Gasteiger partial charge in [-0.2, -0.15) is 4.31 Å². The Morgan fingerprint density at radius 3 is 2.50 bits per heavy atom. The molecule has 0 radical (unpaired) electrons. The summed E-state index contributed by atoms with van der Waals surface area (Å²) in [5, 5.41) is 3.06. The Hall–Kier alpha value is -1.90. The summed E-state index contributed by atoms with van der Waals surface area (Å²) in [6, 6.07) is 12.6. The number of nitrogens with zero attached hydrogens (tertiary/aromatic N) is 1. The first-order valence-electron chi connectivity index (χ1n) is 9.93. The minimum absolute atomic E-state index is 0.0279. The Kier molecular flexibility index (Phi) is 7.21. The van der Waals surface area contributed by atoms with Gasteiger partial charge in [-0.1, -0.05) is 28.1 Å². The molecule has 1 amide bonds. The number of halogens is 1. The highest BCUT2D eigenvalue weighted by molar-refractivity contribution is 9.10. The Morgan fingerprint density at radius 1 is 1.20 bits per heavy atom. The van der Waals surface area contributed by atoms with Crippen molar-refractivity contribution in [3.63, 3.8) is 0 Å². The van der Waals surface area contributed by atoms with Crippen molar-refractivity contribution in [2.75, 3.05) is 20.2 Å². The van der Waals surface area contributed by atoms with E-state index < -0.39 is 10.0 Å². The number of aryl methyl sites for hydroxylation is 1. The van der Waals surface area contributed by atoms with Crippen LogP contribution in [-0.2, 0) is 14.8 Å². The number of nitrogens with one attached hydrogen (secondary N) is 1. The molecule has 1 aliphatic rings. The Labute approximate surface area is 186 Å². The smallest absolute Gasteiger partial charge is 0.243 e. The Balaban J connectivity index is 1.61. The van der Waals surface area contributed by atoms with Gasteiger partial charge < -0.3 is 10.1 Å². The van der Waals surface area contributed by atoms with Crippen LogP contribution in [-0.4, -0.2) is 38.8 Å². The molecule has 8 heteroatoms. The average Bonchev–Trinajstić information content (AvgIpc) is 2.73. The van der Waals surface area contributed by atoms with Crippen molar-refractivity contribution in [1.82, 2.24) is 9.62 Å². The molecule has 1 atom stereocenters. The van der Waals surface area contributed by atoms with E-state index in [4.69, 9.17) is 4.74 Å². The molecule has 2 aromatic carbocycles. The molecule has 0 bridgehead atoms. The van der Waals surface area contributed by atoms with Crippen molar-refractivity contribution in [1.29, 1.82) is 0 Å². The van der Waals surface area contributed by atoms with Crippen molar-refractivity contribution in [2.45, 2.75) is 37.6 Å². The molecule has 1 heterocycles. The fraction of sp³-hybridized carbons (Fsp3) is 0.409. The van der Waals surface area contributed by atoms with E-state index in [0.717, 1.165) is 15.6 Å². The summed E-state index contributed by atoms with van der Waals surface area (Å²) in [4.78, 5) is 13.0. The number of rotatable bonds is 6. The number of piperidine rings is 1. The van der Waals surface area contributed by atoms with Crippen LogP contribution < -0.4 is 10.1 Å². The van der Waals surface area contributed by atoms with Crippen molar-refractivity contribution < 1.29 is 17.9 Å². The topological polar surface area (TPSA) is 75.7 Å². The third kappa shape index (κ3) is 5.04. The fourth-order valence-electron chi connectivity index (χ4n) is 3.71. The predicted octanol–water partition coefficient (Wildman–Crippen LogP) is 4.04. The lowest BCUT2D eigenvalue weighted by atomic mass is 9.96. The highest BCUT2D eigenvalue weighted by Crippen LogP contribution is 2.28. The van der Waals surface area contributed by atoms with Crippen LogP contribution in [0, 0.1) is 12.8 Å². The minimum Gasteiger partial charge on any atom is -0.496 e. The second-order valence-electron chi connectivity index (χ2n) is 7.60. The standard InChI is InChI=1S/C22H27BrN2O4S/c1-15-13-20(7-8-21(15)29-3)30(27,28)25-11-9-17(10-12-25)22(26)24-16(2)18-5-4-6-19(23)14-18/h4-8,13-14,16-17H,9-12H2,1-3H3,(H,24,26)/t16-/m0/s1. The predicted molar refractivity (Wildman–Crippen MR) is 120 cm³/mol. The quantitative estimate of drug-likeness (QED) is 0.657. The van der Waals surface area contributed by atoms with Gasteiger partial charge >= 0.3 is 0 Å². The van der Waals surface area contributed by atoms with Crippen LogP contribution in [0.15, 0.2) is 51.8 Å². The van der Waals surface area contributed by atoms with Crippen molar-refractivity contribution in [2.24, 2.45) is 5.92 Å². The summed E-state index contributed by atoms with van der Waals surface area (Å²) >= 11 is 3.45. The van der Waals surface area contributed by atoms with Crippen LogP contribution in [0.2, 0.25) is 0 Å². The lowest BCUT2D eigenvalue weighted by Crippen LogP contribution is -2.43. The molecule has 1 N–H and O–H groups in total. The molecule has 162 valence electrons. The zero-order chi connectivity index (χ0) is 21.9. The zero-order valence-electron chi connectivity index (χ0n) is 17.4. The molecular formula is C22H27BrN2O4S. The number of amides is 1. The average molecular weight is 495 g/mol. The van der Waals surface area contributed by atoms with Gasteiger partial charge in [0.25, 0.3) is 0 Å². The summed E-state index contributed by atoms with van der Waals surface area (Å²) in [6.07, 6.45) is 1.01. The lowest BCUT2D eigenvalue weighted by molar-refractivity contribution is -0.126. The largest absolute Gasteiger partial charge is 0.496 e. The molecule has 0 saturated carbocycles. The Bertz CT molecular complexity index is 1020. The number of ether oxygens (including phenoxy) is 1. The van der Waals surface area contributed by atoms with Gasteiger partial charge in [0, 0.05) is 23.5 Å². The molecule has 0 aromatic heterocycles. The van der Waals surface area contributed by atoms with Crippen LogP contribution in [0.4, 0.5) is 0 Å². The molecule has 0 spiro atoms. The van der Waals surface area contributed by atoms with E-state index in [1.54, 1.807) is 25.3 Å². The van der Waals surface area contributed by atoms with Gasteiger partial charge in [-0.05, 0) is 68.1 Å². The molecule has 3 rings (SSSR count). The monoisotopic (exact) mass is 494 g/mol. The molecule has 0 unspecified atom stereocenters. The van der Waals surface area contributed by atoms with E-state index in [1.807, 2.05) is 38.1 Å². The second-order valence-corrected chi connectivity index (χ2v) is 10.4. The highest BCUT2D eigenvalue weighted by Gasteiger charge is 2.32. The summed E-state index contributed by atoms with van der Waals surface area (Å²) in [6.45, 7) is 4.43. The summed E-state index contributed by atoms with van der Waals surface area (Å²) in [5.41, 5.74) is 1.79. The second kappa shape index (κ2) is 9.49. The number of hydrogen-bond donors (Lipinski definition) is 1. The number of carbonyl (C=O) groups excluding carboxylic acids is 1. The first kappa shape index (κ1) is 22.8. The van der Waals surface area contributed by atoms with Crippen LogP contribution in [0.5, 0.6) is 5.75 Å². The van der Waals surface area contributed by atoms with E-state index in [-0.39, 0.29) is 22.8 Å². The van der Waals surface area contributed by atoms with Crippen LogP contribution in [0.25, 0.3) is 0 Å². The zero-order valence-corrected chi connectivity index (χ0v) is 19.8. The van der Waals surface area contributed by atoms with E-state index in [0.29, 0.717) is 31.7 Å². The van der Waals surface area contributed by atoms with Crippen LogP contribution >= 0.6 is 15.9 Å². The Morgan fingerprint density at radius 2 is 1.90 bits per heavy atom. The molecular weight excluding hydrogens is 468 g/mol. The first-order chi connectivity index (χ1) is 14.2. The SMILES string of the molecule is COc1ccc(S(=O)(=O)N2CCC(C(=O)N[C@@H](C)c3cccc(Br)c3)CC2)cc1C. The van der Waals surface area contributed by atoms with E-state index in [9.17, 15) is 13.2 Å².